The van der Waals surface area contributed by atoms with E-state index in [-0.39, 0.29) is 6.04 Å². The van der Waals surface area contributed by atoms with E-state index in [1.165, 1.54) is 11.7 Å². The molecule has 0 saturated heterocycles. The molecule has 5 heteroatoms. The fraction of sp³-hybridized carbons (Fsp3) is 0.455. The van der Waals surface area contributed by atoms with E-state index in [0.29, 0.717) is 0 Å². The van der Waals surface area contributed by atoms with Crippen molar-refractivity contribution >= 4 is 28.4 Å². The summed E-state index contributed by atoms with van der Waals surface area (Å²) in [6, 6.07) is 6.01. The van der Waals surface area contributed by atoms with Gasteiger partial charge in [0.25, 0.3) is 0 Å². The fourth-order valence-electron chi connectivity index (χ4n) is 2.04. The van der Waals surface area contributed by atoms with Gasteiger partial charge >= 0.3 is 0 Å². The summed E-state index contributed by atoms with van der Waals surface area (Å²) in [5.74, 6) is 0. The summed E-state index contributed by atoms with van der Waals surface area (Å²) in [5.41, 5.74) is 2.19. The molecule has 3 rings (SSSR count). The fourth-order valence-corrected chi connectivity index (χ4v) is 2.59. The van der Waals surface area contributed by atoms with Crippen LogP contribution in [0.1, 0.15) is 19.8 Å². The highest BCUT2D eigenvalue weighted by Gasteiger charge is 2.41. The predicted octanol–water partition coefficient (Wildman–Crippen LogP) is 2.02. The van der Waals surface area contributed by atoms with Crippen LogP contribution < -0.4 is 5.32 Å². The number of anilines is 1. The molecule has 84 valence electrons. The Balaban J connectivity index is 1.92. The lowest BCUT2D eigenvalue weighted by molar-refractivity contribution is -0.0285. The second kappa shape index (κ2) is 3.40. The highest BCUT2D eigenvalue weighted by molar-refractivity contribution is 7.00. The van der Waals surface area contributed by atoms with Crippen LogP contribution in [0.15, 0.2) is 18.2 Å². The van der Waals surface area contributed by atoms with Gasteiger partial charge in [0.2, 0.25) is 0 Å². The van der Waals surface area contributed by atoms with Crippen LogP contribution in [-0.4, -0.2) is 25.5 Å². The zero-order valence-electron chi connectivity index (χ0n) is 8.97. The van der Waals surface area contributed by atoms with Crippen molar-refractivity contribution in [2.75, 3.05) is 5.32 Å². The van der Waals surface area contributed by atoms with Crippen molar-refractivity contribution in [1.29, 1.82) is 0 Å². The molecular formula is C11H13N3OS. The lowest BCUT2D eigenvalue weighted by Gasteiger charge is -2.43. The van der Waals surface area contributed by atoms with Crippen LogP contribution in [0.25, 0.3) is 11.0 Å². The first-order valence-corrected chi connectivity index (χ1v) is 6.10. The SMILES string of the molecule is C[C@]1(O)CC[C@@H]1Nc1cccc2nsnc12. The van der Waals surface area contributed by atoms with Crippen molar-refractivity contribution in [2.24, 2.45) is 0 Å². The van der Waals surface area contributed by atoms with E-state index in [1.54, 1.807) is 0 Å². The Morgan fingerprint density at radius 1 is 1.50 bits per heavy atom. The van der Waals surface area contributed by atoms with Crippen LogP contribution in [0.4, 0.5) is 5.69 Å². The molecule has 0 bridgehead atoms. The summed E-state index contributed by atoms with van der Waals surface area (Å²) < 4.78 is 8.46. The average molecular weight is 235 g/mol. The average Bonchev–Trinajstić information content (AvgIpc) is 2.73. The van der Waals surface area contributed by atoms with Gasteiger partial charge in [0, 0.05) is 0 Å². The molecule has 1 saturated carbocycles. The largest absolute Gasteiger partial charge is 0.388 e. The minimum Gasteiger partial charge on any atom is -0.388 e. The van der Waals surface area contributed by atoms with E-state index >= 15 is 0 Å². The van der Waals surface area contributed by atoms with Gasteiger partial charge in [-0.1, -0.05) is 6.07 Å². The number of nitrogens with one attached hydrogen (secondary N) is 1. The number of rotatable bonds is 2. The van der Waals surface area contributed by atoms with Crippen LogP contribution in [0.5, 0.6) is 0 Å². The van der Waals surface area contributed by atoms with Crippen LogP contribution >= 0.6 is 11.7 Å². The quantitative estimate of drug-likeness (QED) is 0.836. The lowest BCUT2D eigenvalue weighted by atomic mass is 9.76. The monoisotopic (exact) mass is 235 g/mol. The number of fused-ring (bicyclic) bond motifs is 1. The molecule has 1 fully saturated rings. The lowest BCUT2D eigenvalue weighted by Crippen LogP contribution is -2.53. The Hall–Kier alpha value is -1.20. The van der Waals surface area contributed by atoms with Crippen molar-refractivity contribution in [2.45, 2.75) is 31.4 Å². The van der Waals surface area contributed by atoms with E-state index in [4.69, 9.17) is 0 Å². The van der Waals surface area contributed by atoms with Crippen molar-refractivity contribution in [3.8, 4) is 0 Å². The number of aliphatic hydroxyl groups is 1. The summed E-state index contributed by atoms with van der Waals surface area (Å²) >= 11 is 1.22. The molecule has 16 heavy (non-hydrogen) atoms. The third kappa shape index (κ3) is 1.47. The Morgan fingerprint density at radius 3 is 3.06 bits per heavy atom. The standard InChI is InChI=1S/C11H13N3OS/c1-11(15)6-5-9(11)12-7-3-2-4-8-10(7)14-16-13-8/h2-4,9,12,15H,5-6H2,1H3/t9-,11-/m0/s1. The number of aromatic nitrogens is 2. The number of hydrogen-bond acceptors (Lipinski definition) is 5. The number of nitrogens with zero attached hydrogens (tertiary/aromatic N) is 2. The third-order valence-corrected chi connectivity index (χ3v) is 3.85. The molecule has 0 spiro atoms. The molecular weight excluding hydrogens is 222 g/mol. The topological polar surface area (TPSA) is 58.0 Å². The molecule has 1 aliphatic carbocycles. The van der Waals surface area contributed by atoms with E-state index in [9.17, 15) is 5.11 Å². The summed E-state index contributed by atoms with van der Waals surface area (Å²) in [4.78, 5) is 0. The van der Waals surface area contributed by atoms with Crippen LogP contribution in [0.3, 0.4) is 0 Å². The predicted molar refractivity (Wildman–Crippen MR) is 64.7 cm³/mol. The first-order valence-electron chi connectivity index (χ1n) is 5.37. The Morgan fingerprint density at radius 2 is 2.38 bits per heavy atom. The molecule has 4 nitrogen and oxygen atoms in total. The molecule has 1 heterocycles. The zero-order valence-corrected chi connectivity index (χ0v) is 9.79. The van der Waals surface area contributed by atoms with Gasteiger partial charge < -0.3 is 10.4 Å². The third-order valence-electron chi connectivity index (χ3n) is 3.31. The summed E-state index contributed by atoms with van der Waals surface area (Å²) in [7, 11) is 0. The number of hydrogen-bond donors (Lipinski definition) is 2. The van der Waals surface area contributed by atoms with Gasteiger partial charge in [-0.15, -0.1) is 0 Å². The van der Waals surface area contributed by atoms with Gasteiger partial charge in [-0.05, 0) is 31.9 Å². The van der Waals surface area contributed by atoms with E-state index < -0.39 is 5.60 Å². The smallest absolute Gasteiger partial charge is 0.127 e. The van der Waals surface area contributed by atoms with Gasteiger partial charge in [-0.3, -0.25) is 0 Å². The van der Waals surface area contributed by atoms with E-state index in [2.05, 4.69) is 14.1 Å². The molecule has 1 aromatic carbocycles. The molecule has 2 N–H and O–H groups in total. The zero-order chi connectivity index (χ0) is 11.2. The number of benzene rings is 1. The summed E-state index contributed by atoms with van der Waals surface area (Å²) in [5, 5.41) is 13.3. The van der Waals surface area contributed by atoms with Gasteiger partial charge in [-0.2, -0.15) is 8.75 Å². The molecule has 0 amide bonds. The molecule has 0 unspecified atom stereocenters. The van der Waals surface area contributed by atoms with Crippen molar-refractivity contribution in [1.82, 2.24) is 8.75 Å². The van der Waals surface area contributed by atoms with Gasteiger partial charge in [0.05, 0.1) is 29.1 Å². The van der Waals surface area contributed by atoms with Crippen molar-refractivity contribution < 1.29 is 5.11 Å². The summed E-state index contributed by atoms with van der Waals surface area (Å²) in [6.07, 6.45) is 1.86. The second-order valence-corrected chi connectivity index (χ2v) is 5.06. The minimum atomic E-state index is -0.592. The Kier molecular flexibility index (Phi) is 2.12. The Labute approximate surface area is 97.6 Å². The molecule has 0 radical (unpaired) electrons. The molecule has 0 aliphatic heterocycles. The molecule has 1 aliphatic rings. The minimum absolute atomic E-state index is 0.125. The first kappa shape index (κ1) is 9.99. The van der Waals surface area contributed by atoms with Crippen LogP contribution in [-0.2, 0) is 0 Å². The van der Waals surface area contributed by atoms with Crippen molar-refractivity contribution in [3.63, 3.8) is 0 Å². The Bertz CT molecular complexity index is 523. The highest BCUT2D eigenvalue weighted by Crippen LogP contribution is 2.35. The van der Waals surface area contributed by atoms with Gasteiger partial charge in [0.1, 0.15) is 11.0 Å². The maximum Gasteiger partial charge on any atom is 0.127 e. The highest BCUT2D eigenvalue weighted by atomic mass is 32.1. The van der Waals surface area contributed by atoms with Gasteiger partial charge in [0.15, 0.2) is 0 Å². The first-order chi connectivity index (χ1) is 7.67. The summed E-state index contributed by atoms with van der Waals surface area (Å²) in [6.45, 7) is 1.87. The van der Waals surface area contributed by atoms with E-state index in [0.717, 1.165) is 29.6 Å². The molecule has 1 aromatic heterocycles. The van der Waals surface area contributed by atoms with Crippen LogP contribution in [0, 0.1) is 0 Å². The maximum atomic E-state index is 9.96. The normalized spacial score (nSPS) is 29.0. The van der Waals surface area contributed by atoms with E-state index in [1.807, 2.05) is 25.1 Å². The maximum absolute atomic E-state index is 9.96. The van der Waals surface area contributed by atoms with Crippen molar-refractivity contribution in [3.05, 3.63) is 18.2 Å². The second-order valence-electron chi connectivity index (χ2n) is 4.53. The molecule has 2 atom stereocenters. The van der Waals surface area contributed by atoms with Gasteiger partial charge in [-0.25, -0.2) is 0 Å². The molecule has 2 aromatic rings. The van der Waals surface area contributed by atoms with Crippen LogP contribution in [0.2, 0.25) is 0 Å².